The van der Waals surface area contributed by atoms with E-state index in [0.717, 1.165) is 45.5 Å². The van der Waals surface area contributed by atoms with Crippen LogP contribution in [0, 0.1) is 0 Å². The number of aromatic nitrogens is 3. The van der Waals surface area contributed by atoms with Crippen LogP contribution in [0.5, 0.6) is 5.75 Å². The van der Waals surface area contributed by atoms with E-state index in [-0.39, 0.29) is 36.2 Å². The van der Waals surface area contributed by atoms with E-state index in [9.17, 15) is 9.59 Å². The lowest BCUT2D eigenvalue weighted by Crippen LogP contribution is -2.48. The Morgan fingerprint density at radius 2 is 1.80 bits per heavy atom. The Hall–Kier alpha value is -4.54. The summed E-state index contributed by atoms with van der Waals surface area (Å²) in [7, 11) is 1.68. The smallest absolute Gasteiger partial charge is 0.275 e. The molecule has 2 aliphatic rings. The first kappa shape index (κ1) is 30.1. The lowest BCUT2D eigenvalue weighted by atomic mass is 9.90. The number of methoxy groups -OCH3 is 1. The zero-order valence-electron chi connectivity index (χ0n) is 25.5. The lowest BCUT2D eigenvalue weighted by molar-refractivity contribution is -0.123. The van der Waals surface area contributed by atoms with Gasteiger partial charge in [0.15, 0.2) is 5.69 Å². The molecular formula is C36H35BrN6O3. The monoisotopic (exact) mass is 678 g/mol. The van der Waals surface area contributed by atoms with E-state index < -0.39 is 0 Å². The van der Waals surface area contributed by atoms with Gasteiger partial charge >= 0.3 is 0 Å². The van der Waals surface area contributed by atoms with Gasteiger partial charge in [-0.25, -0.2) is 0 Å². The van der Waals surface area contributed by atoms with Gasteiger partial charge in [-0.15, -0.1) is 0 Å². The summed E-state index contributed by atoms with van der Waals surface area (Å²) < 4.78 is 6.75. The van der Waals surface area contributed by atoms with Crippen molar-refractivity contribution in [2.45, 2.75) is 43.9 Å². The summed E-state index contributed by atoms with van der Waals surface area (Å²) in [6.45, 7) is 2.65. The molecule has 5 aromatic rings. The van der Waals surface area contributed by atoms with Crippen molar-refractivity contribution in [3.05, 3.63) is 124 Å². The standard InChI is InChI=1S/C36H35BrN6O3/c1-46-32-13-7-12-29(37)34(32)28-21-42(19-23-8-3-2-4-9-23)22-31(28)39-33(44)17-26-16-24-10-5-6-11-25(24)20-43(26)36(45)35-27-18-38-15-14-30(27)40-41-35/h2-15,18,26,28,31H,16-17,19-22H2,1H3,(H,39,44)(H,40,41)/t26-,28?,31?/m1/s1. The normalized spacial score (nSPS) is 19.6. The van der Waals surface area contributed by atoms with E-state index in [1.807, 2.05) is 42.5 Å². The molecular weight excluding hydrogens is 644 g/mol. The molecule has 4 heterocycles. The number of halogens is 1. The van der Waals surface area contributed by atoms with Gasteiger partial charge in [0.05, 0.1) is 18.0 Å². The van der Waals surface area contributed by atoms with Crippen LogP contribution in [-0.4, -0.2) is 69.1 Å². The van der Waals surface area contributed by atoms with Crippen LogP contribution in [0.25, 0.3) is 10.9 Å². The number of hydrogen-bond acceptors (Lipinski definition) is 6. The number of pyridine rings is 1. The Bertz CT molecular complexity index is 1880. The number of ether oxygens (including phenoxy) is 1. The number of amides is 2. The average molecular weight is 680 g/mol. The first-order valence-corrected chi connectivity index (χ1v) is 16.3. The van der Waals surface area contributed by atoms with Crippen molar-refractivity contribution in [2.75, 3.05) is 20.2 Å². The summed E-state index contributed by atoms with van der Waals surface area (Å²) in [6.07, 6.45) is 4.08. The van der Waals surface area contributed by atoms with Crippen molar-refractivity contribution in [1.29, 1.82) is 0 Å². The second kappa shape index (κ2) is 13.1. The summed E-state index contributed by atoms with van der Waals surface area (Å²) >= 11 is 3.76. The highest BCUT2D eigenvalue weighted by molar-refractivity contribution is 9.10. The van der Waals surface area contributed by atoms with Crippen LogP contribution in [0.1, 0.15) is 45.1 Å². The number of likely N-dealkylation sites (tertiary alicyclic amines) is 1. The number of benzene rings is 3. The average Bonchev–Trinajstić information content (AvgIpc) is 3.68. The minimum Gasteiger partial charge on any atom is -0.496 e. The fourth-order valence-corrected chi connectivity index (χ4v) is 7.64. The van der Waals surface area contributed by atoms with Gasteiger partial charge in [0.2, 0.25) is 5.91 Å². The number of aromatic amines is 1. The molecule has 2 amide bonds. The molecule has 2 aliphatic heterocycles. The molecule has 0 spiro atoms. The van der Waals surface area contributed by atoms with Crippen molar-refractivity contribution < 1.29 is 14.3 Å². The van der Waals surface area contributed by atoms with Crippen LogP contribution < -0.4 is 10.1 Å². The van der Waals surface area contributed by atoms with Gasteiger partial charge in [0.1, 0.15) is 5.75 Å². The molecule has 3 aromatic carbocycles. The predicted molar refractivity (Wildman–Crippen MR) is 179 cm³/mol. The van der Waals surface area contributed by atoms with E-state index >= 15 is 0 Å². The maximum absolute atomic E-state index is 14.0. The highest BCUT2D eigenvalue weighted by atomic mass is 79.9. The molecule has 2 N–H and O–H groups in total. The van der Waals surface area contributed by atoms with Crippen LogP contribution >= 0.6 is 15.9 Å². The second-order valence-electron chi connectivity index (χ2n) is 12.1. The zero-order chi connectivity index (χ0) is 31.6. The molecule has 0 aliphatic carbocycles. The Balaban J connectivity index is 1.15. The molecule has 3 atom stereocenters. The number of hydrogen-bond donors (Lipinski definition) is 2. The number of carbonyl (C=O) groups is 2. The number of H-pyrrole nitrogens is 1. The predicted octanol–water partition coefficient (Wildman–Crippen LogP) is 5.47. The number of rotatable bonds is 8. The Morgan fingerprint density at radius 1 is 1.00 bits per heavy atom. The molecule has 10 heteroatoms. The molecule has 1 saturated heterocycles. The molecule has 234 valence electrons. The number of carbonyl (C=O) groups excluding carboxylic acids is 2. The summed E-state index contributed by atoms with van der Waals surface area (Å²) in [5.74, 6) is 0.503. The van der Waals surface area contributed by atoms with Crippen molar-refractivity contribution in [3.8, 4) is 5.75 Å². The second-order valence-corrected chi connectivity index (χ2v) is 12.9. The fourth-order valence-electron chi connectivity index (χ4n) is 6.99. The van der Waals surface area contributed by atoms with Gasteiger partial charge < -0.3 is 15.0 Å². The van der Waals surface area contributed by atoms with Gasteiger partial charge in [-0.1, -0.05) is 76.6 Å². The highest BCUT2D eigenvalue weighted by Gasteiger charge is 2.39. The summed E-state index contributed by atoms with van der Waals surface area (Å²) in [4.78, 5) is 36.4. The van der Waals surface area contributed by atoms with Crippen molar-refractivity contribution in [2.24, 2.45) is 0 Å². The van der Waals surface area contributed by atoms with E-state index in [1.54, 1.807) is 30.5 Å². The van der Waals surface area contributed by atoms with Gasteiger partial charge in [-0.3, -0.25) is 24.6 Å². The number of nitrogens with one attached hydrogen (secondary N) is 2. The topological polar surface area (TPSA) is 103 Å². The van der Waals surface area contributed by atoms with Gasteiger partial charge in [-0.2, -0.15) is 5.10 Å². The SMILES string of the molecule is COc1cccc(Br)c1C1CN(Cc2ccccc2)CC1NC(=O)C[C@H]1Cc2ccccc2CN1C(=O)c1n[nH]c2ccncc12. The van der Waals surface area contributed by atoms with Gasteiger partial charge in [-0.05, 0) is 41.3 Å². The van der Waals surface area contributed by atoms with Crippen LogP contribution in [0.4, 0.5) is 0 Å². The third kappa shape index (κ3) is 6.02. The first-order chi connectivity index (χ1) is 22.5. The largest absolute Gasteiger partial charge is 0.496 e. The maximum atomic E-state index is 14.0. The molecule has 0 radical (unpaired) electrons. The van der Waals surface area contributed by atoms with Crippen molar-refractivity contribution in [1.82, 2.24) is 30.3 Å². The van der Waals surface area contributed by atoms with E-state index in [2.05, 4.69) is 71.7 Å². The molecule has 0 bridgehead atoms. The Morgan fingerprint density at radius 3 is 2.63 bits per heavy atom. The number of nitrogens with zero attached hydrogens (tertiary/aromatic N) is 4. The van der Waals surface area contributed by atoms with Crippen LogP contribution in [-0.2, 0) is 24.3 Å². The minimum absolute atomic E-state index is 0.00549. The van der Waals surface area contributed by atoms with Crippen molar-refractivity contribution in [3.63, 3.8) is 0 Å². The molecule has 2 unspecified atom stereocenters. The Kier molecular flexibility index (Phi) is 8.55. The van der Waals surface area contributed by atoms with Gasteiger partial charge in [0, 0.05) is 73.0 Å². The molecule has 9 nitrogen and oxygen atoms in total. The highest BCUT2D eigenvalue weighted by Crippen LogP contribution is 2.39. The summed E-state index contributed by atoms with van der Waals surface area (Å²) in [5.41, 5.74) is 5.58. The van der Waals surface area contributed by atoms with E-state index in [4.69, 9.17) is 4.74 Å². The quantitative estimate of drug-likeness (QED) is 0.226. The first-order valence-electron chi connectivity index (χ1n) is 15.5. The minimum atomic E-state index is -0.330. The van der Waals surface area contributed by atoms with Crippen LogP contribution in [0.2, 0.25) is 0 Å². The zero-order valence-corrected chi connectivity index (χ0v) is 27.1. The molecule has 7 rings (SSSR count). The maximum Gasteiger partial charge on any atom is 0.275 e. The summed E-state index contributed by atoms with van der Waals surface area (Å²) in [6, 6.07) is 25.8. The molecule has 0 saturated carbocycles. The third-order valence-corrected chi connectivity index (χ3v) is 9.89. The molecule has 1 fully saturated rings. The van der Waals surface area contributed by atoms with E-state index in [0.29, 0.717) is 30.6 Å². The third-order valence-electron chi connectivity index (χ3n) is 9.20. The molecule has 2 aromatic heterocycles. The van der Waals surface area contributed by atoms with Crippen molar-refractivity contribution >= 4 is 38.6 Å². The van der Waals surface area contributed by atoms with Crippen LogP contribution in [0.3, 0.4) is 0 Å². The molecule has 46 heavy (non-hydrogen) atoms. The Labute approximate surface area is 276 Å². The van der Waals surface area contributed by atoms with E-state index in [1.165, 1.54) is 5.56 Å². The van der Waals surface area contributed by atoms with Gasteiger partial charge in [0.25, 0.3) is 5.91 Å². The summed E-state index contributed by atoms with van der Waals surface area (Å²) in [5, 5.41) is 11.4. The number of fused-ring (bicyclic) bond motifs is 2. The van der Waals surface area contributed by atoms with Crippen LogP contribution in [0.15, 0.2) is 95.7 Å². The fraction of sp³-hybridized carbons (Fsp3) is 0.278. The lowest BCUT2D eigenvalue weighted by Gasteiger charge is -2.36.